The Morgan fingerprint density at radius 2 is 2.07 bits per heavy atom. The SMILES string of the molecule is C=C(C)C1=CCCC2=C(CCCC2)N1. The lowest BCUT2D eigenvalue weighted by atomic mass is 9.94. The van der Waals surface area contributed by atoms with E-state index in [4.69, 9.17) is 0 Å². The Hall–Kier alpha value is -0.980. The summed E-state index contributed by atoms with van der Waals surface area (Å²) < 4.78 is 0. The first-order chi connectivity index (χ1) is 6.77. The summed E-state index contributed by atoms with van der Waals surface area (Å²) in [4.78, 5) is 0. The molecule has 0 aromatic heterocycles. The lowest BCUT2D eigenvalue weighted by Gasteiger charge is -2.20. The molecule has 2 rings (SSSR count). The van der Waals surface area contributed by atoms with Crippen LogP contribution in [0.25, 0.3) is 0 Å². The lowest BCUT2D eigenvalue weighted by Crippen LogP contribution is -2.16. The van der Waals surface area contributed by atoms with E-state index >= 15 is 0 Å². The van der Waals surface area contributed by atoms with Gasteiger partial charge in [0, 0.05) is 11.4 Å². The molecule has 1 N–H and O–H groups in total. The summed E-state index contributed by atoms with van der Waals surface area (Å²) >= 11 is 0. The van der Waals surface area contributed by atoms with Crippen molar-refractivity contribution in [3.8, 4) is 0 Å². The zero-order chi connectivity index (χ0) is 9.97. The van der Waals surface area contributed by atoms with Gasteiger partial charge in [0.05, 0.1) is 0 Å². The van der Waals surface area contributed by atoms with Crippen LogP contribution in [0.15, 0.2) is 35.2 Å². The van der Waals surface area contributed by atoms with E-state index in [2.05, 4.69) is 24.9 Å². The van der Waals surface area contributed by atoms with Crippen LogP contribution < -0.4 is 5.32 Å². The monoisotopic (exact) mass is 189 g/mol. The smallest absolute Gasteiger partial charge is 0.0365 e. The van der Waals surface area contributed by atoms with E-state index < -0.39 is 0 Å². The molecule has 0 fully saturated rings. The molecular weight excluding hydrogens is 170 g/mol. The number of hydrogen-bond donors (Lipinski definition) is 1. The van der Waals surface area contributed by atoms with Gasteiger partial charge < -0.3 is 5.32 Å². The average Bonchev–Trinajstić information content (AvgIpc) is 2.39. The summed E-state index contributed by atoms with van der Waals surface area (Å²) in [5.74, 6) is 0. The molecule has 0 saturated carbocycles. The highest BCUT2D eigenvalue weighted by molar-refractivity contribution is 5.33. The molecule has 0 saturated heterocycles. The quantitative estimate of drug-likeness (QED) is 0.663. The molecule has 0 bridgehead atoms. The molecule has 0 atom stereocenters. The first kappa shape index (κ1) is 9.57. The minimum Gasteiger partial charge on any atom is -0.359 e. The predicted octanol–water partition coefficient (Wildman–Crippen LogP) is 3.66. The van der Waals surface area contributed by atoms with Crippen LogP contribution in [0.3, 0.4) is 0 Å². The molecule has 0 radical (unpaired) electrons. The van der Waals surface area contributed by atoms with Crippen LogP contribution in [-0.2, 0) is 0 Å². The molecule has 0 spiro atoms. The zero-order valence-corrected chi connectivity index (χ0v) is 9.03. The summed E-state index contributed by atoms with van der Waals surface area (Å²) in [5.41, 5.74) is 5.55. The highest BCUT2D eigenvalue weighted by Crippen LogP contribution is 2.29. The van der Waals surface area contributed by atoms with Crippen molar-refractivity contribution in [1.29, 1.82) is 0 Å². The third kappa shape index (κ3) is 1.92. The van der Waals surface area contributed by atoms with E-state index in [1.807, 2.05) is 0 Å². The Labute approximate surface area is 86.6 Å². The van der Waals surface area contributed by atoms with Crippen LogP contribution in [0, 0.1) is 0 Å². The van der Waals surface area contributed by atoms with Gasteiger partial charge in [0.25, 0.3) is 0 Å². The van der Waals surface area contributed by atoms with Gasteiger partial charge in [-0.2, -0.15) is 0 Å². The summed E-state index contributed by atoms with van der Waals surface area (Å²) in [5, 5.41) is 3.56. The maximum absolute atomic E-state index is 4.00. The van der Waals surface area contributed by atoms with Crippen molar-refractivity contribution in [3.63, 3.8) is 0 Å². The molecule has 0 aromatic carbocycles. The van der Waals surface area contributed by atoms with Gasteiger partial charge >= 0.3 is 0 Å². The second-order valence-electron chi connectivity index (χ2n) is 4.35. The Balaban J connectivity index is 2.19. The largest absolute Gasteiger partial charge is 0.359 e. The first-order valence-corrected chi connectivity index (χ1v) is 5.61. The molecular formula is C13H19N. The number of nitrogens with one attached hydrogen (secondary N) is 1. The molecule has 0 amide bonds. The summed E-state index contributed by atoms with van der Waals surface area (Å²) in [7, 11) is 0. The molecule has 14 heavy (non-hydrogen) atoms. The van der Waals surface area contributed by atoms with Crippen molar-refractivity contribution >= 4 is 0 Å². The third-order valence-electron chi connectivity index (χ3n) is 3.12. The molecule has 2 aliphatic rings. The number of rotatable bonds is 1. The molecule has 1 aliphatic heterocycles. The number of hydrogen-bond acceptors (Lipinski definition) is 1. The number of allylic oxidation sites excluding steroid dienone is 4. The zero-order valence-electron chi connectivity index (χ0n) is 9.03. The lowest BCUT2D eigenvalue weighted by molar-refractivity contribution is 0.628. The molecule has 1 heteroatoms. The van der Waals surface area contributed by atoms with E-state index in [1.54, 1.807) is 5.57 Å². The highest BCUT2D eigenvalue weighted by Gasteiger charge is 2.15. The van der Waals surface area contributed by atoms with Gasteiger partial charge in [-0.3, -0.25) is 0 Å². The fourth-order valence-electron chi connectivity index (χ4n) is 2.28. The highest BCUT2D eigenvalue weighted by atomic mass is 14.9. The van der Waals surface area contributed by atoms with Crippen molar-refractivity contribution in [2.45, 2.75) is 45.4 Å². The second-order valence-corrected chi connectivity index (χ2v) is 4.35. The molecule has 0 aromatic rings. The van der Waals surface area contributed by atoms with Crippen LogP contribution in [0.1, 0.15) is 45.4 Å². The van der Waals surface area contributed by atoms with Crippen LogP contribution in [0.5, 0.6) is 0 Å². The molecule has 1 aliphatic carbocycles. The van der Waals surface area contributed by atoms with E-state index in [0.29, 0.717) is 0 Å². The van der Waals surface area contributed by atoms with Crippen molar-refractivity contribution in [2.24, 2.45) is 0 Å². The Kier molecular flexibility index (Phi) is 2.76. The fraction of sp³-hybridized carbons (Fsp3) is 0.538. The second kappa shape index (κ2) is 4.04. The Morgan fingerprint density at radius 1 is 1.29 bits per heavy atom. The third-order valence-corrected chi connectivity index (χ3v) is 3.12. The summed E-state index contributed by atoms with van der Waals surface area (Å²) in [6, 6.07) is 0. The standard InChI is InChI=1S/C13H19N/c1-10(2)12-9-5-7-11-6-3-4-8-13(11)14-12/h9,14H,1,3-8H2,2H3. The normalized spacial score (nSPS) is 21.9. The molecule has 1 nitrogen and oxygen atoms in total. The topological polar surface area (TPSA) is 12.0 Å². The maximum atomic E-state index is 4.00. The maximum Gasteiger partial charge on any atom is 0.0365 e. The molecule has 0 unspecified atom stereocenters. The van der Waals surface area contributed by atoms with Gasteiger partial charge in [0.15, 0.2) is 0 Å². The van der Waals surface area contributed by atoms with Gasteiger partial charge in [0.1, 0.15) is 0 Å². The average molecular weight is 189 g/mol. The minimum atomic E-state index is 1.16. The first-order valence-electron chi connectivity index (χ1n) is 5.61. The van der Waals surface area contributed by atoms with Gasteiger partial charge in [-0.25, -0.2) is 0 Å². The van der Waals surface area contributed by atoms with Crippen molar-refractivity contribution in [3.05, 3.63) is 35.2 Å². The van der Waals surface area contributed by atoms with Gasteiger partial charge in [0.2, 0.25) is 0 Å². The van der Waals surface area contributed by atoms with Crippen molar-refractivity contribution in [2.75, 3.05) is 0 Å². The van der Waals surface area contributed by atoms with Crippen molar-refractivity contribution in [1.82, 2.24) is 5.32 Å². The predicted molar refractivity (Wildman–Crippen MR) is 60.8 cm³/mol. The minimum absolute atomic E-state index is 1.16. The van der Waals surface area contributed by atoms with Crippen LogP contribution in [0.2, 0.25) is 0 Å². The van der Waals surface area contributed by atoms with Gasteiger partial charge in [-0.15, -0.1) is 0 Å². The molecule has 1 heterocycles. The van der Waals surface area contributed by atoms with Crippen LogP contribution in [0.4, 0.5) is 0 Å². The summed E-state index contributed by atoms with van der Waals surface area (Å²) in [6.45, 7) is 6.08. The summed E-state index contributed by atoms with van der Waals surface area (Å²) in [6.07, 6.45) is 9.98. The van der Waals surface area contributed by atoms with Crippen LogP contribution >= 0.6 is 0 Å². The Morgan fingerprint density at radius 3 is 2.86 bits per heavy atom. The van der Waals surface area contributed by atoms with E-state index in [0.717, 1.165) is 5.57 Å². The van der Waals surface area contributed by atoms with Crippen LogP contribution in [-0.4, -0.2) is 0 Å². The van der Waals surface area contributed by atoms with E-state index in [1.165, 1.54) is 49.9 Å². The Bertz CT molecular complexity index is 307. The van der Waals surface area contributed by atoms with E-state index in [9.17, 15) is 0 Å². The van der Waals surface area contributed by atoms with Gasteiger partial charge in [-0.1, -0.05) is 18.2 Å². The van der Waals surface area contributed by atoms with Crippen molar-refractivity contribution < 1.29 is 0 Å². The molecule has 76 valence electrons. The van der Waals surface area contributed by atoms with Gasteiger partial charge in [-0.05, 0) is 51.0 Å². The fourth-order valence-corrected chi connectivity index (χ4v) is 2.28. The van der Waals surface area contributed by atoms with E-state index in [-0.39, 0.29) is 0 Å².